The highest BCUT2D eigenvalue weighted by Gasteiger charge is 2.28. The maximum absolute atomic E-state index is 10.6. The molecule has 2 heteroatoms. The minimum atomic E-state index is 0.378. The molecule has 8 heavy (non-hydrogen) atoms. The minimum Gasteiger partial charge on any atom is -0.634 e. The Hall–Kier alpha value is -0.0800. The van der Waals surface area contributed by atoms with Gasteiger partial charge >= 0.3 is 0 Å². The van der Waals surface area contributed by atoms with Crippen molar-refractivity contribution in [1.82, 2.24) is 0 Å². The molecule has 0 aromatic heterocycles. The molecule has 0 saturated heterocycles. The second-order valence-electron chi connectivity index (χ2n) is 2.88. The van der Waals surface area contributed by atoms with Gasteiger partial charge in [0.1, 0.15) is 0 Å². The van der Waals surface area contributed by atoms with Crippen molar-refractivity contribution in [3.8, 4) is 0 Å². The lowest BCUT2D eigenvalue weighted by molar-refractivity contribution is -0.863. The normalized spacial score (nSPS) is 40.9. The van der Waals surface area contributed by atoms with E-state index in [1.54, 1.807) is 7.05 Å². The van der Waals surface area contributed by atoms with Crippen molar-refractivity contribution in [2.24, 2.45) is 5.92 Å². The number of nitrogens with one attached hydrogen (secondary N) is 1. The van der Waals surface area contributed by atoms with E-state index in [1.165, 1.54) is 0 Å². The average molecular weight is 115 g/mol. The Kier molecular flexibility index (Phi) is 1.54. The van der Waals surface area contributed by atoms with Crippen LogP contribution in [0.2, 0.25) is 0 Å². The smallest absolute Gasteiger partial charge is 0.0875 e. The van der Waals surface area contributed by atoms with Gasteiger partial charge in [-0.15, -0.1) is 0 Å². The SMILES string of the molecule is CC1CC([NH+](C)[O-])C1. The Labute approximate surface area is 50.1 Å². The Morgan fingerprint density at radius 1 is 1.50 bits per heavy atom. The lowest BCUT2D eigenvalue weighted by Crippen LogP contribution is -3.09. The number of quaternary nitrogens is 1. The van der Waals surface area contributed by atoms with Crippen molar-refractivity contribution in [2.45, 2.75) is 25.8 Å². The van der Waals surface area contributed by atoms with Gasteiger partial charge in [0.15, 0.2) is 0 Å². The first-order valence-corrected chi connectivity index (χ1v) is 3.20. The van der Waals surface area contributed by atoms with Crippen LogP contribution in [0.5, 0.6) is 0 Å². The van der Waals surface area contributed by atoms with E-state index >= 15 is 0 Å². The number of hydroxylamine groups is 2. The molecule has 2 nitrogen and oxygen atoms in total. The lowest BCUT2D eigenvalue weighted by atomic mass is 9.82. The van der Waals surface area contributed by atoms with Crippen molar-refractivity contribution in [1.29, 1.82) is 0 Å². The van der Waals surface area contributed by atoms with Gasteiger partial charge in [0.25, 0.3) is 0 Å². The predicted molar refractivity (Wildman–Crippen MR) is 32.4 cm³/mol. The third kappa shape index (κ3) is 1.01. The molecule has 1 saturated carbocycles. The average Bonchev–Trinajstić information content (AvgIpc) is 1.57. The molecule has 1 rings (SSSR count). The molecule has 0 heterocycles. The van der Waals surface area contributed by atoms with Crippen LogP contribution in [0.3, 0.4) is 0 Å². The fraction of sp³-hybridized carbons (Fsp3) is 1.00. The largest absolute Gasteiger partial charge is 0.634 e. The van der Waals surface area contributed by atoms with Crippen LogP contribution in [0, 0.1) is 11.1 Å². The number of hydrogen-bond acceptors (Lipinski definition) is 1. The highest BCUT2D eigenvalue weighted by molar-refractivity contribution is 4.74. The highest BCUT2D eigenvalue weighted by Crippen LogP contribution is 2.23. The standard InChI is InChI=1S/C6H13NO/c1-5-3-6(4-5)7(2)8/h5-7H,3-4H2,1-2H3. The molecule has 1 unspecified atom stereocenters. The molecule has 1 atom stereocenters. The summed E-state index contributed by atoms with van der Waals surface area (Å²) in [5, 5.41) is 10.9. The third-order valence-electron chi connectivity index (χ3n) is 1.95. The fourth-order valence-electron chi connectivity index (χ4n) is 1.23. The second kappa shape index (κ2) is 2.03. The second-order valence-corrected chi connectivity index (χ2v) is 2.88. The van der Waals surface area contributed by atoms with Crippen LogP contribution >= 0.6 is 0 Å². The monoisotopic (exact) mass is 115 g/mol. The van der Waals surface area contributed by atoms with Crippen LogP contribution in [-0.2, 0) is 0 Å². The van der Waals surface area contributed by atoms with Gasteiger partial charge in [-0.1, -0.05) is 6.92 Å². The molecule has 1 aliphatic rings. The Bertz CT molecular complexity index is 76.6. The summed E-state index contributed by atoms with van der Waals surface area (Å²) in [7, 11) is 1.69. The lowest BCUT2D eigenvalue weighted by Gasteiger charge is -2.38. The summed E-state index contributed by atoms with van der Waals surface area (Å²) in [4.78, 5) is 0. The van der Waals surface area contributed by atoms with Crippen LogP contribution in [0.15, 0.2) is 0 Å². The molecule has 0 amide bonds. The highest BCUT2D eigenvalue weighted by atomic mass is 16.5. The first-order valence-electron chi connectivity index (χ1n) is 3.20. The molecule has 0 aromatic rings. The van der Waals surface area contributed by atoms with Crippen LogP contribution in [-0.4, -0.2) is 13.1 Å². The van der Waals surface area contributed by atoms with E-state index in [-0.39, 0.29) is 0 Å². The molecule has 0 bridgehead atoms. The summed E-state index contributed by atoms with van der Waals surface area (Å²) in [6.07, 6.45) is 2.27. The van der Waals surface area contributed by atoms with Gasteiger partial charge < -0.3 is 10.3 Å². The molecule has 0 spiro atoms. The van der Waals surface area contributed by atoms with Crippen LogP contribution in [0.4, 0.5) is 0 Å². The molecule has 1 aliphatic carbocycles. The summed E-state index contributed by atoms with van der Waals surface area (Å²) in [5.41, 5.74) is 0. The Morgan fingerprint density at radius 2 is 2.00 bits per heavy atom. The van der Waals surface area contributed by atoms with Crippen LogP contribution < -0.4 is 5.06 Å². The summed E-state index contributed by atoms with van der Waals surface area (Å²) in [6, 6.07) is 0.421. The first kappa shape index (κ1) is 6.05. The van der Waals surface area contributed by atoms with Crippen molar-refractivity contribution < 1.29 is 5.06 Å². The molecule has 1 N–H and O–H groups in total. The van der Waals surface area contributed by atoms with Gasteiger partial charge in [0, 0.05) is 12.8 Å². The molecular formula is C6H13NO. The van der Waals surface area contributed by atoms with E-state index in [0.717, 1.165) is 18.8 Å². The quantitative estimate of drug-likeness (QED) is 0.471. The topological polar surface area (TPSA) is 27.5 Å². The zero-order chi connectivity index (χ0) is 6.15. The van der Waals surface area contributed by atoms with E-state index in [0.29, 0.717) is 11.1 Å². The van der Waals surface area contributed by atoms with Gasteiger partial charge in [0.05, 0.1) is 13.1 Å². The van der Waals surface area contributed by atoms with Crippen molar-refractivity contribution in [3.05, 3.63) is 5.21 Å². The van der Waals surface area contributed by atoms with Crippen molar-refractivity contribution in [2.75, 3.05) is 7.05 Å². The van der Waals surface area contributed by atoms with Crippen LogP contribution in [0.25, 0.3) is 0 Å². The number of rotatable bonds is 1. The minimum absolute atomic E-state index is 0.378. The van der Waals surface area contributed by atoms with E-state index in [2.05, 4.69) is 6.92 Å². The Balaban J connectivity index is 2.15. The van der Waals surface area contributed by atoms with Crippen molar-refractivity contribution in [3.63, 3.8) is 0 Å². The van der Waals surface area contributed by atoms with E-state index in [1.807, 2.05) is 0 Å². The predicted octanol–water partition coefficient (Wildman–Crippen LogP) is -0.203. The molecule has 0 radical (unpaired) electrons. The van der Waals surface area contributed by atoms with Gasteiger partial charge in [0.2, 0.25) is 0 Å². The molecule has 48 valence electrons. The summed E-state index contributed by atoms with van der Waals surface area (Å²) < 4.78 is 0. The zero-order valence-corrected chi connectivity index (χ0v) is 5.48. The summed E-state index contributed by atoms with van der Waals surface area (Å²) >= 11 is 0. The molecule has 0 aliphatic heterocycles. The van der Waals surface area contributed by atoms with E-state index in [9.17, 15) is 5.21 Å². The maximum atomic E-state index is 10.6. The molecule has 0 aromatic carbocycles. The third-order valence-corrected chi connectivity index (χ3v) is 1.95. The molecular weight excluding hydrogens is 102 g/mol. The van der Waals surface area contributed by atoms with Crippen molar-refractivity contribution >= 4 is 0 Å². The Morgan fingerprint density at radius 3 is 2.12 bits per heavy atom. The number of hydrogen-bond donors (Lipinski definition) is 1. The van der Waals surface area contributed by atoms with Crippen LogP contribution in [0.1, 0.15) is 19.8 Å². The van der Waals surface area contributed by atoms with Gasteiger partial charge in [-0.2, -0.15) is 0 Å². The van der Waals surface area contributed by atoms with Gasteiger partial charge in [-0.05, 0) is 5.92 Å². The first-order chi connectivity index (χ1) is 3.70. The van der Waals surface area contributed by atoms with Gasteiger partial charge in [-0.25, -0.2) is 0 Å². The van der Waals surface area contributed by atoms with E-state index in [4.69, 9.17) is 0 Å². The fourth-order valence-corrected chi connectivity index (χ4v) is 1.23. The summed E-state index contributed by atoms with van der Waals surface area (Å²) in [5.74, 6) is 0.809. The zero-order valence-electron chi connectivity index (χ0n) is 5.48. The molecule has 1 fully saturated rings. The summed E-state index contributed by atoms with van der Waals surface area (Å²) in [6.45, 7) is 2.19. The maximum Gasteiger partial charge on any atom is 0.0875 e. The van der Waals surface area contributed by atoms with Gasteiger partial charge in [-0.3, -0.25) is 0 Å². The van der Waals surface area contributed by atoms with E-state index < -0.39 is 0 Å².